The van der Waals surface area contributed by atoms with Crippen LogP contribution in [0.25, 0.3) is 10.1 Å². The maximum Gasteiger partial charge on any atom is 0.333 e. The number of fused-ring (bicyclic) bond motifs is 2. The van der Waals surface area contributed by atoms with Crippen LogP contribution in [-0.2, 0) is 16.0 Å². The zero-order valence-electron chi connectivity index (χ0n) is 16.7. The molecule has 3 heterocycles. The Bertz CT molecular complexity index is 960. The van der Waals surface area contributed by atoms with Crippen molar-refractivity contribution in [3.8, 4) is 0 Å². The van der Waals surface area contributed by atoms with Crippen LogP contribution < -0.4 is 10.6 Å². The molecule has 1 aromatic carbocycles. The first-order valence-corrected chi connectivity index (χ1v) is 10.6. The smallest absolute Gasteiger partial charge is 0.333 e. The fourth-order valence-electron chi connectivity index (χ4n) is 4.25. The van der Waals surface area contributed by atoms with E-state index in [1.807, 2.05) is 26.0 Å². The molecule has 0 radical (unpaired) electrons. The van der Waals surface area contributed by atoms with Crippen molar-refractivity contribution in [2.24, 2.45) is 0 Å². The third-order valence-electron chi connectivity index (χ3n) is 5.59. The van der Waals surface area contributed by atoms with Gasteiger partial charge in [0.2, 0.25) is 11.8 Å². The van der Waals surface area contributed by atoms with Gasteiger partial charge in [0.15, 0.2) is 0 Å². The molecule has 2 N–H and O–H groups in total. The predicted octanol–water partition coefficient (Wildman–Crippen LogP) is 1.38. The highest BCUT2D eigenvalue weighted by Gasteiger charge is 2.50. The molecule has 154 valence electrons. The van der Waals surface area contributed by atoms with Crippen molar-refractivity contribution in [3.63, 3.8) is 0 Å². The minimum atomic E-state index is -0.565. The number of urea groups is 1. The molecule has 4 amide bonds. The van der Waals surface area contributed by atoms with Crippen LogP contribution in [0.4, 0.5) is 4.79 Å². The molecule has 2 saturated heterocycles. The number of amides is 4. The van der Waals surface area contributed by atoms with Crippen LogP contribution in [-0.4, -0.2) is 71.1 Å². The standard InChI is InChI=1S/C20H25N5O3S/c1-4-21-20(28)25-18-12(2)22-17(26)10-24(18)19(27)15(23(25)3)9-13-11-29-16-8-6-5-7-14(13)16/h5-8,11-12,15,18H,4,9-10H2,1-3H3,(H,21,28)(H,22,26). The fraction of sp³-hybridized carbons (Fsp3) is 0.450. The lowest BCUT2D eigenvalue weighted by Crippen LogP contribution is -2.78. The quantitative estimate of drug-likeness (QED) is 0.793. The molecule has 4 rings (SSSR count). The Morgan fingerprint density at radius 1 is 1.31 bits per heavy atom. The Balaban J connectivity index is 1.70. The van der Waals surface area contributed by atoms with Gasteiger partial charge >= 0.3 is 6.03 Å². The molecule has 9 heteroatoms. The van der Waals surface area contributed by atoms with Gasteiger partial charge in [0, 0.05) is 24.7 Å². The van der Waals surface area contributed by atoms with Gasteiger partial charge in [-0.15, -0.1) is 11.3 Å². The Hall–Kier alpha value is -2.65. The number of carbonyl (C=O) groups is 3. The Kier molecular flexibility index (Phi) is 5.18. The lowest BCUT2D eigenvalue weighted by Gasteiger charge is -2.54. The van der Waals surface area contributed by atoms with Gasteiger partial charge in [-0.05, 0) is 36.2 Å². The number of piperazine rings is 1. The van der Waals surface area contributed by atoms with E-state index in [0.717, 1.165) is 15.6 Å². The maximum absolute atomic E-state index is 13.4. The summed E-state index contributed by atoms with van der Waals surface area (Å²) in [6, 6.07) is 6.88. The molecule has 3 atom stereocenters. The number of benzene rings is 1. The Morgan fingerprint density at radius 2 is 2.07 bits per heavy atom. The van der Waals surface area contributed by atoms with Crippen LogP contribution in [0.5, 0.6) is 0 Å². The van der Waals surface area contributed by atoms with Gasteiger partial charge in [-0.25, -0.2) is 14.8 Å². The second-order valence-electron chi connectivity index (χ2n) is 7.47. The van der Waals surface area contributed by atoms with E-state index in [1.165, 1.54) is 4.90 Å². The van der Waals surface area contributed by atoms with Crippen molar-refractivity contribution >= 4 is 39.3 Å². The molecule has 0 saturated carbocycles. The van der Waals surface area contributed by atoms with E-state index in [-0.39, 0.29) is 30.4 Å². The molecule has 2 fully saturated rings. The number of likely N-dealkylation sites (N-methyl/N-ethyl adjacent to an activating group) is 1. The summed E-state index contributed by atoms with van der Waals surface area (Å²) in [4.78, 5) is 39.9. The second kappa shape index (κ2) is 7.64. The number of nitrogens with one attached hydrogen (secondary N) is 2. The van der Waals surface area contributed by atoms with Crippen molar-refractivity contribution in [2.45, 2.75) is 38.5 Å². The van der Waals surface area contributed by atoms with Crippen LogP contribution in [0.15, 0.2) is 29.6 Å². The van der Waals surface area contributed by atoms with E-state index in [2.05, 4.69) is 28.1 Å². The summed E-state index contributed by atoms with van der Waals surface area (Å²) in [5.74, 6) is -0.336. The van der Waals surface area contributed by atoms with E-state index in [0.29, 0.717) is 13.0 Å². The van der Waals surface area contributed by atoms with Gasteiger partial charge in [0.25, 0.3) is 0 Å². The minimum absolute atomic E-state index is 0.0432. The van der Waals surface area contributed by atoms with E-state index < -0.39 is 12.2 Å². The van der Waals surface area contributed by atoms with Crippen LogP contribution in [0, 0.1) is 0 Å². The van der Waals surface area contributed by atoms with Crippen LogP contribution in [0.2, 0.25) is 0 Å². The zero-order valence-corrected chi connectivity index (χ0v) is 17.5. The summed E-state index contributed by atoms with van der Waals surface area (Å²) in [7, 11) is 1.77. The van der Waals surface area contributed by atoms with Crippen molar-refractivity contribution in [1.29, 1.82) is 0 Å². The van der Waals surface area contributed by atoms with Crippen molar-refractivity contribution in [2.75, 3.05) is 20.1 Å². The molecule has 0 aliphatic carbocycles. The second-order valence-corrected chi connectivity index (χ2v) is 8.38. The molecule has 29 heavy (non-hydrogen) atoms. The highest BCUT2D eigenvalue weighted by atomic mass is 32.1. The molecule has 0 spiro atoms. The van der Waals surface area contributed by atoms with Crippen molar-refractivity contribution < 1.29 is 14.4 Å². The first-order valence-electron chi connectivity index (χ1n) is 9.77. The third-order valence-corrected chi connectivity index (χ3v) is 6.60. The molecular formula is C20H25N5O3S. The molecule has 2 aliphatic rings. The van der Waals surface area contributed by atoms with Gasteiger partial charge in [-0.3, -0.25) is 9.59 Å². The van der Waals surface area contributed by atoms with Gasteiger partial charge in [0.05, 0.1) is 6.04 Å². The Labute approximate surface area is 173 Å². The van der Waals surface area contributed by atoms with Gasteiger partial charge in [-0.1, -0.05) is 18.2 Å². The third kappa shape index (κ3) is 3.34. The zero-order chi connectivity index (χ0) is 20.7. The number of thiophene rings is 1. The van der Waals surface area contributed by atoms with Crippen LogP contribution in [0.1, 0.15) is 19.4 Å². The van der Waals surface area contributed by atoms with Crippen molar-refractivity contribution in [1.82, 2.24) is 25.6 Å². The maximum atomic E-state index is 13.4. The summed E-state index contributed by atoms with van der Waals surface area (Å²) < 4.78 is 1.16. The number of hydrogen-bond acceptors (Lipinski definition) is 5. The van der Waals surface area contributed by atoms with Gasteiger partial charge in [-0.2, -0.15) is 0 Å². The minimum Gasteiger partial charge on any atom is -0.348 e. The average molecular weight is 416 g/mol. The van der Waals surface area contributed by atoms with Crippen molar-refractivity contribution in [3.05, 3.63) is 35.2 Å². The van der Waals surface area contributed by atoms with Crippen LogP contribution in [0.3, 0.4) is 0 Å². The van der Waals surface area contributed by atoms with Gasteiger partial charge < -0.3 is 15.5 Å². The summed E-state index contributed by atoms with van der Waals surface area (Å²) in [6.07, 6.45) is -0.0821. The average Bonchev–Trinajstić information content (AvgIpc) is 3.09. The number of carbonyl (C=O) groups excluding carboxylic acids is 3. The first kappa shape index (κ1) is 19.7. The SMILES string of the molecule is CCNC(=O)N1C2C(C)NC(=O)CN2C(=O)C(Cc2csc3ccccc23)N1C. The van der Waals surface area contributed by atoms with E-state index in [4.69, 9.17) is 0 Å². The lowest BCUT2D eigenvalue weighted by molar-refractivity contribution is -0.185. The summed E-state index contributed by atoms with van der Waals surface area (Å²) >= 11 is 1.64. The predicted molar refractivity (Wildman–Crippen MR) is 111 cm³/mol. The Morgan fingerprint density at radius 3 is 2.83 bits per heavy atom. The van der Waals surface area contributed by atoms with E-state index in [9.17, 15) is 14.4 Å². The number of rotatable bonds is 3. The molecular weight excluding hydrogens is 390 g/mol. The lowest BCUT2D eigenvalue weighted by atomic mass is 10.00. The fourth-order valence-corrected chi connectivity index (χ4v) is 5.22. The normalized spacial score (nSPS) is 25.1. The largest absolute Gasteiger partial charge is 0.348 e. The number of hydrogen-bond donors (Lipinski definition) is 2. The number of nitrogens with zero attached hydrogens (tertiary/aromatic N) is 3. The van der Waals surface area contributed by atoms with Gasteiger partial charge in [0.1, 0.15) is 18.8 Å². The monoisotopic (exact) mass is 415 g/mol. The highest BCUT2D eigenvalue weighted by Crippen LogP contribution is 2.31. The van der Waals surface area contributed by atoms with Crippen LogP contribution >= 0.6 is 11.3 Å². The molecule has 0 bridgehead atoms. The highest BCUT2D eigenvalue weighted by molar-refractivity contribution is 7.17. The molecule has 1 aromatic heterocycles. The molecule has 3 unspecified atom stereocenters. The summed E-state index contributed by atoms with van der Waals surface area (Å²) in [5.41, 5.74) is 1.07. The molecule has 8 nitrogen and oxygen atoms in total. The first-order chi connectivity index (χ1) is 13.9. The summed E-state index contributed by atoms with van der Waals surface area (Å²) in [5, 5.41) is 12.2. The van der Waals surface area contributed by atoms with E-state index >= 15 is 0 Å². The molecule has 2 aliphatic heterocycles. The summed E-state index contributed by atoms with van der Waals surface area (Å²) in [6.45, 7) is 4.10. The van der Waals surface area contributed by atoms with E-state index in [1.54, 1.807) is 28.4 Å². The number of hydrazine groups is 1. The molecule has 2 aromatic rings. The topological polar surface area (TPSA) is 85.0 Å².